The Labute approximate surface area is 129 Å². The number of rotatable bonds is 4. The topological polar surface area (TPSA) is 99.3 Å². The Balaban J connectivity index is 2.23. The zero-order valence-corrected chi connectivity index (χ0v) is 12.0. The minimum atomic E-state index is -4.40. The highest BCUT2D eigenvalue weighted by Crippen LogP contribution is 2.36. The predicted molar refractivity (Wildman–Crippen MR) is 75.6 cm³/mol. The number of hydrogen-bond donors (Lipinski definition) is 3. The molecule has 1 aromatic rings. The van der Waals surface area contributed by atoms with E-state index in [-0.39, 0.29) is 12.0 Å². The molecule has 0 saturated carbocycles. The summed E-state index contributed by atoms with van der Waals surface area (Å²) in [6, 6.07) is 5.57. The third kappa shape index (κ3) is 3.99. The van der Waals surface area contributed by atoms with E-state index >= 15 is 0 Å². The second-order valence-corrected chi connectivity index (χ2v) is 5.13. The molecule has 0 aromatic heterocycles. The first-order valence-corrected chi connectivity index (χ1v) is 6.79. The van der Waals surface area contributed by atoms with Crippen molar-refractivity contribution in [3.05, 3.63) is 35.4 Å². The molecule has 1 aromatic carbocycles. The number of carbonyl (C=O) groups excluding carboxylic acids is 2. The summed E-state index contributed by atoms with van der Waals surface area (Å²) in [5, 5.41) is 9.08. The molecule has 1 heterocycles. The van der Waals surface area contributed by atoms with Crippen molar-refractivity contribution in [1.82, 2.24) is 10.2 Å². The Hall–Kier alpha value is -2.58. The summed E-state index contributed by atoms with van der Waals surface area (Å²) < 4.78 is 37.4. The number of alkyl halides is 3. The van der Waals surface area contributed by atoms with Crippen LogP contribution in [0.1, 0.15) is 34.8 Å². The smallest absolute Gasteiger partial charge is 0.370 e. The van der Waals surface area contributed by atoms with E-state index in [2.05, 4.69) is 5.32 Å². The van der Waals surface area contributed by atoms with Crippen LogP contribution < -0.4 is 11.1 Å². The van der Waals surface area contributed by atoms with E-state index in [9.17, 15) is 22.8 Å². The number of nitrogens with two attached hydrogens (primary N) is 1. The van der Waals surface area contributed by atoms with Crippen LogP contribution in [0.4, 0.5) is 13.2 Å². The minimum Gasteiger partial charge on any atom is -0.370 e. The van der Waals surface area contributed by atoms with Crippen molar-refractivity contribution < 1.29 is 22.8 Å². The van der Waals surface area contributed by atoms with Gasteiger partial charge in [0.2, 0.25) is 5.91 Å². The Kier molecular flexibility index (Phi) is 4.57. The first-order valence-electron chi connectivity index (χ1n) is 6.79. The number of hydrogen-bond acceptors (Lipinski definition) is 3. The zero-order valence-electron chi connectivity index (χ0n) is 12.0. The lowest BCUT2D eigenvalue weighted by atomic mass is 10.0. The van der Waals surface area contributed by atoms with E-state index in [0.717, 1.165) is 4.90 Å². The highest BCUT2D eigenvalue weighted by Gasteiger charge is 2.39. The van der Waals surface area contributed by atoms with Crippen LogP contribution in [0.25, 0.3) is 0 Å². The maximum Gasteiger partial charge on any atom is 0.390 e. The molecule has 4 N–H and O–H groups in total. The van der Waals surface area contributed by atoms with E-state index in [4.69, 9.17) is 11.1 Å². The summed E-state index contributed by atoms with van der Waals surface area (Å²) in [7, 11) is 0. The van der Waals surface area contributed by atoms with Crippen LogP contribution >= 0.6 is 0 Å². The SMILES string of the molecule is N=C(N)NC(=O)CC1c2ccccc2C(=O)N1CCC(F)(F)F. The molecule has 1 unspecified atom stereocenters. The molecule has 23 heavy (non-hydrogen) atoms. The standard InChI is InChI=1S/C14H15F3N4O2/c15-14(16,17)5-6-21-10(7-11(22)20-13(18)19)8-3-1-2-4-9(8)12(21)23/h1-4,10H,5-7H2,(H4,18,19,20,22). The molecule has 0 spiro atoms. The predicted octanol–water partition coefficient (Wildman–Crippen LogP) is 1.54. The van der Waals surface area contributed by atoms with Crippen LogP contribution in [-0.2, 0) is 4.79 Å². The van der Waals surface area contributed by atoms with Gasteiger partial charge in [-0.3, -0.25) is 20.3 Å². The molecule has 0 fully saturated rings. The lowest BCUT2D eigenvalue weighted by Gasteiger charge is -2.25. The molecule has 2 rings (SSSR count). The normalized spacial score (nSPS) is 17.1. The maximum absolute atomic E-state index is 12.5. The molecule has 0 bridgehead atoms. The second kappa shape index (κ2) is 6.27. The van der Waals surface area contributed by atoms with Crippen molar-refractivity contribution in [2.75, 3.05) is 6.54 Å². The number of amides is 2. The van der Waals surface area contributed by atoms with Crippen LogP contribution in [0.2, 0.25) is 0 Å². The number of guanidine groups is 1. The Morgan fingerprint density at radius 3 is 2.61 bits per heavy atom. The lowest BCUT2D eigenvalue weighted by Crippen LogP contribution is -2.39. The van der Waals surface area contributed by atoms with Crippen LogP contribution in [0.15, 0.2) is 24.3 Å². The van der Waals surface area contributed by atoms with Gasteiger partial charge in [0, 0.05) is 12.1 Å². The molecule has 6 nitrogen and oxygen atoms in total. The fourth-order valence-electron chi connectivity index (χ4n) is 2.55. The van der Waals surface area contributed by atoms with Gasteiger partial charge < -0.3 is 10.6 Å². The number of benzene rings is 1. The van der Waals surface area contributed by atoms with E-state index < -0.39 is 43.0 Å². The van der Waals surface area contributed by atoms with Crippen molar-refractivity contribution in [2.24, 2.45) is 5.73 Å². The summed E-state index contributed by atoms with van der Waals surface area (Å²) in [5.41, 5.74) is 5.85. The monoisotopic (exact) mass is 328 g/mol. The largest absolute Gasteiger partial charge is 0.390 e. The molecule has 1 aliphatic heterocycles. The third-order valence-corrected chi connectivity index (χ3v) is 3.48. The third-order valence-electron chi connectivity index (χ3n) is 3.48. The quantitative estimate of drug-likeness (QED) is 0.577. The molecule has 1 atom stereocenters. The van der Waals surface area contributed by atoms with Crippen LogP contribution in [-0.4, -0.2) is 35.4 Å². The molecular formula is C14H15F3N4O2. The Morgan fingerprint density at radius 1 is 1.35 bits per heavy atom. The van der Waals surface area contributed by atoms with Crippen molar-refractivity contribution >= 4 is 17.8 Å². The summed E-state index contributed by atoms with van der Waals surface area (Å²) >= 11 is 0. The fraction of sp³-hybridized carbons (Fsp3) is 0.357. The average Bonchev–Trinajstić information content (AvgIpc) is 2.68. The first-order chi connectivity index (χ1) is 10.7. The molecule has 0 saturated heterocycles. The van der Waals surface area contributed by atoms with Crippen LogP contribution in [0.5, 0.6) is 0 Å². The number of fused-ring (bicyclic) bond motifs is 1. The van der Waals surface area contributed by atoms with Gasteiger partial charge in [-0.2, -0.15) is 13.2 Å². The van der Waals surface area contributed by atoms with Gasteiger partial charge in [0.25, 0.3) is 5.91 Å². The first kappa shape index (κ1) is 16.8. The zero-order chi connectivity index (χ0) is 17.2. The van der Waals surface area contributed by atoms with Gasteiger partial charge in [-0.05, 0) is 11.6 Å². The van der Waals surface area contributed by atoms with E-state index in [1.54, 1.807) is 18.2 Å². The average molecular weight is 328 g/mol. The van der Waals surface area contributed by atoms with Crippen molar-refractivity contribution in [1.29, 1.82) is 5.41 Å². The van der Waals surface area contributed by atoms with Gasteiger partial charge in [0.1, 0.15) is 0 Å². The van der Waals surface area contributed by atoms with Gasteiger partial charge in [0.15, 0.2) is 5.96 Å². The van der Waals surface area contributed by atoms with Crippen molar-refractivity contribution in [2.45, 2.75) is 25.1 Å². The van der Waals surface area contributed by atoms with Gasteiger partial charge in [-0.25, -0.2) is 0 Å². The molecule has 0 radical (unpaired) electrons. The summed E-state index contributed by atoms with van der Waals surface area (Å²) in [4.78, 5) is 25.1. The number of nitrogens with zero attached hydrogens (tertiary/aromatic N) is 1. The Bertz CT molecular complexity index is 645. The highest BCUT2D eigenvalue weighted by atomic mass is 19.4. The van der Waals surface area contributed by atoms with Gasteiger partial charge in [-0.1, -0.05) is 18.2 Å². The number of halogens is 3. The molecule has 2 amide bonds. The summed E-state index contributed by atoms with van der Waals surface area (Å²) in [5.74, 6) is -1.73. The van der Waals surface area contributed by atoms with Crippen molar-refractivity contribution in [3.63, 3.8) is 0 Å². The van der Waals surface area contributed by atoms with Crippen molar-refractivity contribution in [3.8, 4) is 0 Å². The fourth-order valence-corrected chi connectivity index (χ4v) is 2.55. The van der Waals surface area contributed by atoms with Crippen LogP contribution in [0, 0.1) is 5.41 Å². The van der Waals surface area contributed by atoms with Crippen LogP contribution in [0.3, 0.4) is 0 Å². The Morgan fingerprint density at radius 2 is 2.00 bits per heavy atom. The molecule has 1 aliphatic rings. The van der Waals surface area contributed by atoms with E-state index in [0.29, 0.717) is 5.56 Å². The second-order valence-electron chi connectivity index (χ2n) is 5.13. The number of nitrogens with one attached hydrogen (secondary N) is 2. The highest BCUT2D eigenvalue weighted by molar-refractivity contribution is 6.01. The molecular weight excluding hydrogens is 313 g/mol. The summed E-state index contributed by atoms with van der Waals surface area (Å²) in [6.45, 7) is -0.533. The molecule has 124 valence electrons. The van der Waals surface area contributed by atoms with Gasteiger partial charge >= 0.3 is 6.18 Å². The maximum atomic E-state index is 12.5. The number of carbonyl (C=O) groups is 2. The molecule has 0 aliphatic carbocycles. The van der Waals surface area contributed by atoms with E-state index in [1.165, 1.54) is 6.07 Å². The summed E-state index contributed by atoms with van der Waals surface area (Å²) in [6.07, 6.45) is -5.82. The van der Waals surface area contributed by atoms with Gasteiger partial charge in [0.05, 0.1) is 18.9 Å². The molecule has 9 heteroatoms. The van der Waals surface area contributed by atoms with Gasteiger partial charge in [-0.15, -0.1) is 0 Å². The van der Waals surface area contributed by atoms with E-state index in [1.807, 2.05) is 0 Å². The minimum absolute atomic E-state index is 0.264. The lowest BCUT2D eigenvalue weighted by molar-refractivity contribution is -0.137.